The Morgan fingerprint density at radius 1 is 1.73 bits per heavy atom. The summed E-state index contributed by atoms with van der Waals surface area (Å²) in [5, 5.41) is 20.4. The number of nitriles is 1. The number of carboxylic acid groups (broad SMARTS) is 1. The quantitative estimate of drug-likeness (QED) is 0.776. The second-order valence-electron chi connectivity index (χ2n) is 2.59. The molecule has 0 bridgehead atoms. The van der Waals surface area contributed by atoms with Crippen molar-refractivity contribution >= 4 is 34.2 Å². The van der Waals surface area contributed by atoms with Gasteiger partial charge in [-0.1, -0.05) is 11.3 Å². The second kappa shape index (κ2) is 4.53. The van der Waals surface area contributed by atoms with Crippen molar-refractivity contribution in [3.05, 3.63) is 10.4 Å². The Morgan fingerprint density at radius 3 is 2.67 bits per heavy atom. The summed E-state index contributed by atoms with van der Waals surface area (Å²) < 4.78 is 11.6. The zero-order valence-corrected chi connectivity index (χ0v) is 9.66. The lowest BCUT2D eigenvalue weighted by Gasteiger charge is -2.00. The van der Waals surface area contributed by atoms with Crippen LogP contribution < -0.4 is 5.32 Å². The average Bonchev–Trinajstić information content (AvgIpc) is 2.55. The molecule has 0 aromatic carbocycles. The van der Waals surface area contributed by atoms with Crippen LogP contribution in [0.15, 0.2) is 4.21 Å². The van der Waals surface area contributed by atoms with Crippen molar-refractivity contribution < 1.29 is 14.5 Å². The lowest BCUT2D eigenvalue weighted by Crippen LogP contribution is -2.00. The van der Waals surface area contributed by atoms with Gasteiger partial charge in [0, 0.05) is 7.05 Å². The molecule has 0 aliphatic heterocycles. The fraction of sp³-hybridized carbons (Fsp3) is 0.250. The third-order valence-electron chi connectivity index (χ3n) is 1.69. The summed E-state index contributed by atoms with van der Waals surface area (Å²) in [6, 6.07) is 1.86. The molecule has 2 N–H and O–H groups in total. The number of anilines is 1. The van der Waals surface area contributed by atoms with E-state index in [0.717, 1.165) is 11.3 Å². The van der Waals surface area contributed by atoms with Crippen LogP contribution in [0.3, 0.4) is 0 Å². The summed E-state index contributed by atoms with van der Waals surface area (Å²) in [4.78, 5) is 10.9. The standard InChI is InChI=1S/C8H8N2O3S2/c1-10-5-4(3-9)8(15(2)13)14-6(5)7(11)12/h10H,1-2H3,(H,11,12). The number of aromatic carboxylic acids is 1. The zero-order valence-electron chi connectivity index (χ0n) is 8.03. The Morgan fingerprint density at radius 2 is 2.33 bits per heavy atom. The highest BCUT2D eigenvalue weighted by molar-refractivity contribution is 7.92. The Balaban J connectivity index is 3.46. The number of thiophene rings is 1. The first-order valence-corrected chi connectivity index (χ1v) is 6.21. The second-order valence-corrected chi connectivity index (χ2v) is 5.19. The minimum Gasteiger partial charge on any atom is -0.611 e. The Hall–Kier alpha value is -1.23. The molecule has 1 rings (SSSR count). The number of rotatable bonds is 3. The van der Waals surface area contributed by atoms with Crippen molar-refractivity contribution in [1.82, 2.24) is 0 Å². The number of hydrogen-bond donors (Lipinski definition) is 2. The summed E-state index contributed by atoms with van der Waals surface area (Å²) in [5.41, 5.74) is 0.390. The summed E-state index contributed by atoms with van der Waals surface area (Å²) >= 11 is -0.489. The van der Waals surface area contributed by atoms with Crippen molar-refractivity contribution in [1.29, 1.82) is 5.26 Å². The van der Waals surface area contributed by atoms with Crippen molar-refractivity contribution in [2.24, 2.45) is 0 Å². The van der Waals surface area contributed by atoms with Crippen LogP contribution in [0, 0.1) is 11.3 Å². The Labute approximate surface area is 93.5 Å². The molecule has 0 amide bonds. The summed E-state index contributed by atoms with van der Waals surface area (Å²) in [7, 11) is 1.53. The van der Waals surface area contributed by atoms with E-state index in [2.05, 4.69) is 5.32 Å². The largest absolute Gasteiger partial charge is 0.611 e. The molecule has 1 unspecified atom stereocenters. The molecule has 0 spiro atoms. The third kappa shape index (κ3) is 2.07. The highest BCUT2D eigenvalue weighted by Crippen LogP contribution is 2.35. The van der Waals surface area contributed by atoms with Gasteiger partial charge in [-0.3, -0.25) is 0 Å². The molecular weight excluding hydrogens is 236 g/mol. The lowest BCUT2D eigenvalue weighted by molar-refractivity contribution is 0.0703. The van der Waals surface area contributed by atoms with E-state index >= 15 is 0 Å². The number of nitrogens with zero attached hydrogens (tertiary/aromatic N) is 1. The molecule has 5 nitrogen and oxygen atoms in total. The predicted molar refractivity (Wildman–Crippen MR) is 57.9 cm³/mol. The number of carbonyl (C=O) groups is 1. The van der Waals surface area contributed by atoms with Gasteiger partial charge in [-0.25, -0.2) is 4.79 Å². The maximum Gasteiger partial charge on any atom is 0.348 e. The first-order valence-electron chi connectivity index (χ1n) is 3.84. The van der Waals surface area contributed by atoms with Crippen molar-refractivity contribution in [3.63, 3.8) is 0 Å². The van der Waals surface area contributed by atoms with Gasteiger partial charge < -0.3 is 15.0 Å². The van der Waals surface area contributed by atoms with Crippen LogP contribution in [0.25, 0.3) is 0 Å². The van der Waals surface area contributed by atoms with Gasteiger partial charge in [0.05, 0.1) is 5.69 Å². The van der Waals surface area contributed by atoms with Crippen LogP contribution in [0.2, 0.25) is 0 Å². The minimum atomic E-state index is -1.36. The van der Waals surface area contributed by atoms with E-state index in [-0.39, 0.29) is 16.1 Å². The van der Waals surface area contributed by atoms with Crippen LogP contribution >= 0.6 is 11.3 Å². The van der Waals surface area contributed by atoms with E-state index in [4.69, 9.17) is 10.4 Å². The predicted octanol–water partition coefficient (Wildman–Crippen LogP) is 1.10. The molecule has 0 radical (unpaired) electrons. The topological polar surface area (TPSA) is 96.2 Å². The number of carboxylic acids is 1. The van der Waals surface area contributed by atoms with E-state index < -0.39 is 17.1 Å². The molecule has 0 saturated carbocycles. The van der Waals surface area contributed by atoms with Crippen molar-refractivity contribution in [2.75, 3.05) is 18.6 Å². The molecule has 80 valence electrons. The smallest absolute Gasteiger partial charge is 0.348 e. The van der Waals surface area contributed by atoms with Crippen molar-refractivity contribution in [3.8, 4) is 6.07 Å². The molecule has 7 heteroatoms. The zero-order chi connectivity index (χ0) is 11.6. The monoisotopic (exact) mass is 244 g/mol. The van der Waals surface area contributed by atoms with Crippen molar-refractivity contribution in [2.45, 2.75) is 4.21 Å². The normalized spacial score (nSPS) is 11.9. The third-order valence-corrected chi connectivity index (χ3v) is 4.35. The highest BCUT2D eigenvalue weighted by Gasteiger charge is 2.26. The SMILES string of the molecule is CNc1c(C(=O)O)sc([S+](C)[O-])c1C#N. The Kier molecular flexibility index (Phi) is 3.57. The van der Waals surface area contributed by atoms with Crippen LogP contribution in [0.5, 0.6) is 0 Å². The minimum absolute atomic E-state index is 0.0132. The molecular formula is C8H8N2O3S2. The van der Waals surface area contributed by atoms with Gasteiger partial charge in [-0.2, -0.15) is 5.26 Å². The van der Waals surface area contributed by atoms with E-state index in [1.54, 1.807) is 0 Å². The van der Waals surface area contributed by atoms with Crippen LogP contribution in [-0.2, 0) is 11.2 Å². The summed E-state index contributed by atoms with van der Waals surface area (Å²) in [6.07, 6.45) is 1.41. The Bertz CT molecular complexity index is 434. The van der Waals surface area contributed by atoms with Gasteiger partial charge >= 0.3 is 5.97 Å². The molecule has 0 aliphatic carbocycles. The van der Waals surface area contributed by atoms with Gasteiger partial charge in [-0.15, -0.1) is 0 Å². The maximum absolute atomic E-state index is 11.3. The molecule has 1 aromatic heterocycles. The molecule has 1 heterocycles. The van der Waals surface area contributed by atoms with E-state index in [0.29, 0.717) is 4.21 Å². The average molecular weight is 244 g/mol. The van der Waals surface area contributed by atoms with Gasteiger partial charge in [0.25, 0.3) is 0 Å². The number of nitrogens with one attached hydrogen (secondary N) is 1. The van der Waals surface area contributed by atoms with E-state index in [9.17, 15) is 9.35 Å². The lowest BCUT2D eigenvalue weighted by atomic mass is 10.2. The van der Waals surface area contributed by atoms with Gasteiger partial charge in [-0.05, 0) is 11.2 Å². The van der Waals surface area contributed by atoms with Crippen LogP contribution in [0.1, 0.15) is 15.2 Å². The summed E-state index contributed by atoms with van der Waals surface area (Å²) in [5.74, 6) is -1.13. The highest BCUT2D eigenvalue weighted by atomic mass is 32.2. The van der Waals surface area contributed by atoms with Crippen LogP contribution in [0.4, 0.5) is 5.69 Å². The molecule has 1 aromatic rings. The molecule has 0 fully saturated rings. The fourth-order valence-electron chi connectivity index (χ4n) is 1.10. The van der Waals surface area contributed by atoms with Crippen LogP contribution in [-0.4, -0.2) is 28.9 Å². The molecule has 0 saturated heterocycles. The first-order chi connectivity index (χ1) is 7.02. The van der Waals surface area contributed by atoms with Gasteiger partial charge in [0.15, 0.2) is 0 Å². The summed E-state index contributed by atoms with van der Waals surface area (Å²) in [6.45, 7) is 0. The maximum atomic E-state index is 11.3. The van der Waals surface area contributed by atoms with Gasteiger partial charge in [0.1, 0.15) is 22.8 Å². The molecule has 0 aliphatic rings. The molecule has 1 atom stereocenters. The van der Waals surface area contributed by atoms with E-state index in [1.165, 1.54) is 13.3 Å². The van der Waals surface area contributed by atoms with E-state index in [1.807, 2.05) is 6.07 Å². The molecule has 15 heavy (non-hydrogen) atoms. The van der Waals surface area contributed by atoms with Gasteiger partial charge in [0.2, 0.25) is 4.21 Å². The number of hydrogen-bond acceptors (Lipinski definition) is 5. The fourth-order valence-corrected chi connectivity index (χ4v) is 3.09. The first kappa shape index (κ1) is 11.8.